The van der Waals surface area contributed by atoms with Crippen molar-refractivity contribution in [3.8, 4) is 0 Å². The van der Waals surface area contributed by atoms with Crippen LogP contribution in [0.1, 0.15) is 109 Å². The van der Waals surface area contributed by atoms with Gasteiger partial charge in [0.15, 0.2) is 0 Å². The molecule has 1 aliphatic rings. The predicted octanol–water partition coefficient (Wildman–Crippen LogP) is 8.80. The summed E-state index contributed by atoms with van der Waals surface area (Å²) >= 11 is 0. The number of benzene rings is 2. The molecule has 0 unspecified atom stereocenters. The van der Waals surface area contributed by atoms with E-state index < -0.39 is 5.97 Å². The third kappa shape index (κ3) is 7.68. The van der Waals surface area contributed by atoms with Gasteiger partial charge in [-0.15, -0.1) is 0 Å². The lowest BCUT2D eigenvalue weighted by Gasteiger charge is -2.46. The summed E-state index contributed by atoms with van der Waals surface area (Å²) in [5.74, 6) is -0.795. The molecule has 0 heterocycles. The van der Waals surface area contributed by atoms with E-state index in [1.54, 1.807) is 0 Å². The minimum absolute atomic E-state index is 0.0104. The van der Waals surface area contributed by atoms with E-state index in [-0.39, 0.29) is 22.9 Å². The van der Waals surface area contributed by atoms with Crippen LogP contribution in [0, 0.1) is 11.3 Å². The number of carbonyl (C=O) groups is 1. The Morgan fingerprint density at radius 1 is 0.750 bits per heavy atom. The van der Waals surface area contributed by atoms with Gasteiger partial charge in [0.25, 0.3) is 0 Å². The lowest BCUT2D eigenvalue weighted by atomic mass is 9.57. The van der Waals surface area contributed by atoms with Crippen LogP contribution in [0.25, 0.3) is 0 Å². The van der Waals surface area contributed by atoms with E-state index in [9.17, 15) is 4.79 Å². The standard InChI is InChI=1S/C33H48O3/c1-32(2,3)33(28-17-11-9-12-18-28,29-19-13-10-14-20-29)25-15-7-5-4-6-8-16-26-36-30-23-21-27(22-24-30)31(34)35/h9-14,17-20,27,30H,4-8,15-16,21-26H2,1-3H3,(H,34,35). The maximum absolute atomic E-state index is 11.1. The summed E-state index contributed by atoms with van der Waals surface area (Å²) in [4.78, 5) is 11.1. The van der Waals surface area contributed by atoms with Crippen LogP contribution in [0.5, 0.6) is 0 Å². The van der Waals surface area contributed by atoms with Gasteiger partial charge in [0.2, 0.25) is 0 Å². The maximum atomic E-state index is 11.1. The van der Waals surface area contributed by atoms with Crippen molar-refractivity contribution in [1.82, 2.24) is 0 Å². The average molecular weight is 493 g/mol. The molecule has 2 aromatic carbocycles. The molecule has 0 atom stereocenters. The molecule has 0 bridgehead atoms. The van der Waals surface area contributed by atoms with Crippen molar-refractivity contribution in [3.63, 3.8) is 0 Å². The average Bonchev–Trinajstić information content (AvgIpc) is 2.88. The highest BCUT2D eigenvalue weighted by Crippen LogP contribution is 2.50. The summed E-state index contributed by atoms with van der Waals surface area (Å²) in [6.45, 7) is 8.01. The molecule has 1 saturated carbocycles. The van der Waals surface area contributed by atoms with E-state index in [1.165, 1.54) is 56.1 Å². The van der Waals surface area contributed by atoms with Crippen molar-refractivity contribution >= 4 is 5.97 Å². The molecule has 1 aliphatic carbocycles. The van der Waals surface area contributed by atoms with Crippen LogP contribution in [-0.4, -0.2) is 23.8 Å². The second-order valence-corrected chi connectivity index (χ2v) is 11.8. The normalized spacial score (nSPS) is 18.8. The zero-order valence-electron chi connectivity index (χ0n) is 22.9. The van der Waals surface area contributed by atoms with Crippen LogP contribution >= 0.6 is 0 Å². The highest BCUT2D eigenvalue weighted by atomic mass is 16.5. The van der Waals surface area contributed by atoms with E-state index in [0.29, 0.717) is 0 Å². The van der Waals surface area contributed by atoms with Gasteiger partial charge in [-0.05, 0) is 55.1 Å². The molecule has 0 aliphatic heterocycles. The van der Waals surface area contributed by atoms with Crippen molar-refractivity contribution in [2.24, 2.45) is 11.3 Å². The molecule has 198 valence electrons. The van der Waals surface area contributed by atoms with Crippen molar-refractivity contribution in [3.05, 3.63) is 71.8 Å². The quantitative estimate of drug-likeness (QED) is 0.268. The molecule has 3 nitrogen and oxygen atoms in total. The Morgan fingerprint density at radius 3 is 1.69 bits per heavy atom. The molecule has 3 heteroatoms. The van der Waals surface area contributed by atoms with Gasteiger partial charge < -0.3 is 9.84 Å². The van der Waals surface area contributed by atoms with Crippen LogP contribution in [0.4, 0.5) is 0 Å². The summed E-state index contributed by atoms with van der Waals surface area (Å²) in [6.07, 6.45) is 13.5. The zero-order chi connectivity index (χ0) is 25.9. The largest absolute Gasteiger partial charge is 0.481 e. The first-order valence-electron chi connectivity index (χ1n) is 14.3. The first-order chi connectivity index (χ1) is 17.3. The Morgan fingerprint density at radius 2 is 1.22 bits per heavy atom. The Kier molecular flexibility index (Phi) is 11.0. The number of ether oxygens (including phenoxy) is 1. The zero-order valence-corrected chi connectivity index (χ0v) is 22.9. The van der Waals surface area contributed by atoms with Crippen LogP contribution in [0.15, 0.2) is 60.7 Å². The van der Waals surface area contributed by atoms with Crippen LogP contribution in [0.3, 0.4) is 0 Å². The molecular weight excluding hydrogens is 444 g/mol. The fraction of sp³-hybridized carbons (Fsp3) is 0.606. The van der Waals surface area contributed by atoms with Gasteiger partial charge in [-0.1, -0.05) is 120 Å². The summed E-state index contributed by atoms with van der Waals surface area (Å²) in [5, 5.41) is 9.11. The molecule has 0 spiro atoms. The fourth-order valence-corrected chi connectivity index (χ4v) is 6.24. The summed E-state index contributed by atoms with van der Waals surface area (Å²) in [7, 11) is 0. The molecule has 1 fully saturated rings. The minimum Gasteiger partial charge on any atom is -0.481 e. The number of carboxylic acids is 1. The van der Waals surface area contributed by atoms with E-state index in [2.05, 4.69) is 81.4 Å². The van der Waals surface area contributed by atoms with E-state index in [0.717, 1.165) is 38.7 Å². The second-order valence-electron chi connectivity index (χ2n) is 11.8. The molecule has 36 heavy (non-hydrogen) atoms. The van der Waals surface area contributed by atoms with Gasteiger partial charge in [0, 0.05) is 12.0 Å². The first-order valence-corrected chi connectivity index (χ1v) is 14.3. The second kappa shape index (κ2) is 14.0. The molecule has 0 aromatic heterocycles. The third-order valence-electron chi connectivity index (χ3n) is 8.39. The molecule has 0 saturated heterocycles. The van der Waals surface area contributed by atoms with Crippen LogP contribution < -0.4 is 0 Å². The van der Waals surface area contributed by atoms with Gasteiger partial charge in [-0.3, -0.25) is 4.79 Å². The Balaban J connectivity index is 1.38. The smallest absolute Gasteiger partial charge is 0.306 e. The van der Waals surface area contributed by atoms with Crippen molar-refractivity contribution < 1.29 is 14.6 Å². The van der Waals surface area contributed by atoms with Crippen molar-refractivity contribution in [1.29, 1.82) is 0 Å². The number of rotatable bonds is 14. The monoisotopic (exact) mass is 492 g/mol. The third-order valence-corrected chi connectivity index (χ3v) is 8.39. The van der Waals surface area contributed by atoms with Gasteiger partial charge in [0.1, 0.15) is 0 Å². The molecule has 0 amide bonds. The number of hydrogen-bond acceptors (Lipinski definition) is 2. The number of carboxylic acid groups (broad SMARTS) is 1. The van der Waals surface area contributed by atoms with E-state index in [1.807, 2.05) is 0 Å². The Bertz CT molecular complexity index is 837. The maximum Gasteiger partial charge on any atom is 0.306 e. The number of unbranched alkanes of at least 4 members (excludes halogenated alkanes) is 6. The lowest BCUT2D eigenvalue weighted by Crippen LogP contribution is -2.41. The minimum atomic E-state index is -0.641. The Labute approximate surface area is 219 Å². The van der Waals surface area contributed by atoms with Gasteiger partial charge >= 0.3 is 5.97 Å². The number of hydrogen-bond donors (Lipinski definition) is 1. The van der Waals surface area contributed by atoms with Gasteiger partial charge in [-0.25, -0.2) is 0 Å². The topological polar surface area (TPSA) is 46.5 Å². The molecule has 2 aromatic rings. The predicted molar refractivity (Wildman–Crippen MR) is 149 cm³/mol. The SMILES string of the molecule is CC(C)(C)C(CCCCCCCCCOC1CCC(C(=O)O)CC1)(c1ccccc1)c1ccccc1. The van der Waals surface area contributed by atoms with Crippen molar-refractivity contribution in [2.75, 3.05) is 6.61 Å². The number of aliphatic carboxylic acids is 1. The van der Waals surface area contributed by atoms with E-state index >= 15 is 0 Å². The molecule has 3 rings (SSSR count). The summed E-state index contributed by atoms with van der Waals surface area (Å²) < 4.78 is 6.02. The summed E-state index contributed by atoms with van der Waals surface area (Å²) in [6, 6.07) is 22.3. The fourth-order valence-electron chi connectivity index (χ4n) is 6.24. The van der Waals surface area contributed by atoms with Crippen molar-refractivity contribution in [2.45, 2.75) is 109 Å². The van der Waals surface area contributed by atoms with Crippen LogP contribution in [-0.2, 0) is 14.9 Å². The highest BCUT2D eigenvalue weighted by Gasteiger charge is 2.44. The van der Waals surface area contributed by atoms with E-state index in [4.69, 9.17) is 9.84 Å². The van der Waals surface area contributed by atoms with Gasteiger partial charge in [-0.2, -0.15) is 0 Å². The Hall–Kier alpha value is -2.13. The molecular formula is C33H48O3. The van der Waals surface area contributed by atoms with Gasteiger partial charge in [0.05, 0.1) is 12.0 Å². The summed E-state index contributed by atoms with van der Waals surface area (Å²) in [5.41, 5.74) is 2.99. The first kappa shape index (κ1) is 28.4. The molecule has 0 radical (unpaired) electrons. The molecule has 1 N–H and O–H groups in total. The lowest BCUT2D eigenvalue weighted by molar-refractivity contribution is -0.143. The van der Waals surface area contributed by atoms with Crippen LogP contribution in [0.2, 0.25) is 0 Å². The highest BCUT2D eigenvalue weighted by molar-refractivity contribution is 5.70.